The molecule has 2 aromatic rings. The lowest BCUT2D eigenvalue weighted by atomic mass is 9.98. The monoisotopic (exact) mass is 294 g/mol. The molecule has 5 heteroatoms. The molecular weight excluding hydrogens is 281 g/mol. The molecule has 0 aliphatic heterocycles. The Bertz CT molecular complexity index is 675. The number of hydrogen-bond acceptors (Lipinski definition) is 2. The third-order valence-corrected chi connectivity index (χ3v) is 3.01. The SMILES string of the molecule is CC(=O)c1ccc(-c2cccc(OC(F)(F)F)c2)cc1C. The fourth-order valence-electron chi connectivity index (χ4n) is 2.11. The van der Waals surface area contributed by atoms with Crippen LogP contribution in [0.5, 0.6) is 5.75 Å². The zero-order valence-electron chi connectivity index (χ0n) is 11.5. The van der Waals surface area contributed by atoms with Crippen LogP contribution < -0.4 is 4.74 Å². The standard InChI is InChI=1S/C16H13F3O2/c1-10-8-13(6-7-15(10)11(2)20)12-4-3-5-14(9-12)21-16(17,18)19/h3-9H,1-2H3. The van der Waals surface area contributed by atoms with Crippen LogP contribution in [0.25, 0.3) is 11.1 Å². The van der Waals surface area contributed by atoms with Gasteiger partial charge in [-0.1, -0.05) is 30.3 Å². The number of Topliss-reactive ketones (excluding diaryl/α,β-unsaturated/α-hetero) is 1. The van der Waals surface area contributed by atoms with Gasteiger partial charge >= 0.3 is 6.36 Å². The number of carbonyl (C=O) groups is 1. The van der Waals surface area contributed by atoms with Gasteiger partial charge in [0.1, 0.15) is 5.75 Å². The molecule has 0 amide bonds. The Labute approximate surface area is 120 Å². The lowest BCUT2D eigenvalue weighted by molar-refractivity contribution is -0.274. The molecule has 0 aliphatic carbocycles. The molecule has 0 atom stereocenters. The van der Waals surface area contributed by atoms with Gasteiger partial charge < -0.3 is 4.74 Å². The van der Waals surface area contributed by atoms with E-state index in [1.807, 2.05) is 0 Å². The van der Waals surface area contributed by atoms with Crippen molar-refractivity contribution in [2.24, 2.45) is 0 Å². The van der Waals surface area contributed by atoms with E-state index in [1.165, 1.54) is 25.1 Å². The minimum atomic E-state index is -4.72. The third kappa shape index (κ3) is 3.84. The highest BCUT2D eigenvalue weighted by atomic mass is 19.4. The first-order valence-corrected chi connectivity index (χ1v) is 6.24. The number of carbonyl (C=O) groups excluding carboxylic acids is 1. The smallest absolute Gasteiger partial charge is 0.406 e. The van der Waals surface area contributed by atoms with E-state index in [-0.39, 0.29) is 11.5 Å². The van der Waals surface area contributed by atoms with Gasteiger partial charge in [0.15, 0.2) is 5.78 Å². The summed E-state index contributed by atoms with van der Waals surface area (Å²) in [7, 11) is 0. The topological polar surface area (TPSA) is 26.3 Å². The van der Waals surface area contributed by atoms with E-state index in [2.05, 4.69) is 4.74 Å². The summed E-state index contributed by atoms with van der Waals surface area (Å²) in [5, 5.41) is 0. The van der Waals surface area contributed by atoms with Gasteiger partial charge in [-0.25, -0.2) is 0 Å². The van der Waals surface area contributed by atoms with Crippen LogP contribution in [0.4, 0.5) is 13.2 Å². The molecule has 110 valence electrons. The number of benzene rings is 2. The quantitative estimate of drug-likeness (QED) is 0.763. The van der Waals surface area contributed by atoms with Gasteiger partial charge in [-0.15, -0.1) is 13.2 Å². The van der Waals surface area contributed by atoms with E-state index in [0.29, 0.717) is 11.1 Å². The van der Waals surface area contributed by atoms with Gasteiger partial charge in [0, 0.05) is 5.56 Å². The lowest BCUT2D eigenvalue weighted by Crippen LogP contribution is -2.17. The van der Waals surface area contributed by atoms with Gasteiger partial charge in [-0.3, -0.25) is 4.79 Å². The first kappa shape index (κ1) is 15.1. The van der Waals surface area contributed by atoms with E-state index < -0.39 is 6.36 Å². The maximum Gasteiger partial charge on any atom is 0.573 e. The number of rotatable bonds is 3. The number of aryl methyl sites for hydroxylation is 1. The third-order valence-electron chi connectivity index (χ3n) is 3.01. The Morgan fingerprint density at radius 2 is 1.71 bits per heavy atom. The molecule has 0 heterocycles. The van der Waals surface area contributed by atoms with Crippen molar-refractivity contribution in [3.63, 3.8) is 0 Å². The molecule has 2 rings (SSSR count). The highest BCUT2D eigenvalue weighted by molar-refractivity contribution is 5.96. The van der Waals surface area contributed by atoms with E-state index in [9.17, 15) is 18.0 Å². The predicted octanol–water partition coefficient (Wildman–Crippen LogP) is 4.76. The molecule has 0 N–H and O–H groups in total. The first-order chi connectivity index (χ1) is 9.76. The van der Waals surface area contributed by atoms with Gasteiger partial charge in [0.2, 0.25) is 0 Å². The molecule has 0 unspecified atom stereocenters. The van der Waals surface area contributed by atoms with Crippen LogP contribution in [-0.4, -0.2) is 12.1 Å². The number of halogens is 3. The van der Waals surface area contributed by atoms with Crippen LogP contribution in [0.3, 0.4) is 0 Å². The van der Waals surface area contributed by atoms with Crippen LogP contribution >= 0.6 is 0 Å². The summed E-state index contributed by atoms with van der Waals surface area (Å²) in [6.45, 7) is 3.26. The highest BCUT2D eigenvalue weighted by Crippen LogP contribution is 2.29. The van der Waals surface area contributed by atoms with Crippen molar-refractivity contribution in [1.29, 1.82) is 0 Å². The second-order valence-corrected chi connectivity index (χ2v) is 4.66. The second-order valence-electron chi connectivity index (χ2n) is 4.66. The van der Waals surface area contributed by atoms with Gasteiger partial charge in [0.05, 0.1) is 0 Å². The zero-order chi connectivity index (χ0) is 15.6. The molecular formula is C16H13F3O2. The van der Waals surface area contributed by atoms with Crippen molar-refractivity contribution in [2.75, 3.05) is 0 Å². The Hall–Kier alpha value is -2.30. The predicted molar refractivity (Wildman–Crippen MR) is 73.3 cm³/mol. The first-order valence-electron chi connectivity index (χ1n) is 6.24. The molecule has 0 bridgehead atoms. The van der Waals surface area contributed by atoms with E-state index >= 15 is 0 Å². The van der Waals surface area contributed by atoms with Crippen molar-refractivity contribution in [1.82, 2.24) is 0 Å². The van der Waals surface area contributed by atoms with Gasteiger partial charge in [0.25, 0.3) is 0 Å². The van der Waals surface area contributed by atoms with Crippen LogP contribution in [0.1, 0.15) is 22.8 Å². The van der Waals surface area contributed by atoms with E-state index in [0.717, 1.165) is 11.1 Å². The Morgan fingerprint density at radius 1 is 1.05 bits per heavy atom. The molecule has 21 heavy (non-hydrogen) atoms. The molecule has 0 radical (unpaired) electrons. The number of alkyl halides is 3. The molecule has 0 saturated carbocycles. The summed E-state index contributed by atoms with van der Waals surface area (Å²) < 4.78 is 40.6. The van der Waals surface area contributed by atoms with Crippen molar-refractivity contribution in [3.8, 4) is 16.9 Å². The number of ketones is 1. The zero-order valence-corrected chi connectivity index (χ0v) is 11.5. The van der Waals surface area contributed by atoms with Gasteiger partial charge in [-0.2, -0.15) is 0 Å². The van der Waals surface area contributed by atoms with Crippen molar-refractivity contribution in [3.05, 3.63) is 53.6 Å². The average Bonchev–Trinajstić information content (AvgIpc) is 2.36. The molecule has 0 spiro atoms. The molecule has 0 aliphatic rings. The molecule has 2 aromatic carbocycles. The molecule has 2 nitrogen and oxygen atoms in total. The van der Waals surface area contributed by atoms with Gasteiger partial charge in [-0.05, 0) is 42.7 Å². The maximum absolute atomic E-state index is 12.2. The molecule has 0 saturated heterocycles. The highest BCUT2D eigenvalue weighted by Gasteiger charge is 2.31. The Morgan fingerprint density at radius 3 is 2.29 bits per heavy atom. The van der Waals surface area contributed by atoms with Crippen molar-refractivity contribution >= 4 is 5.78 Å². The second kappa shape index (κ2) is 5.60. The number of hydrogen-bond donors (Lipinski definition) is 0. The van der Waals surface area contributed by atoms with Crippen molar-refractivity contribution < 1.29 is 22.7 Å². The van der Waals surface area contributed by atoms with Crippen LogP contribution in [0.2, 0.25) is 0 Å². The summed E-state index contributed by atoms with van der Waals surface area (Å²) in [4.78, 5) is 11.4. The maximum atomic E-state index is 12.2. The minimum Gasteiger partial charge on any atom is -0.406 e. The fourth-order valence-corrected chi connectivity index (χ4v) is 2.11. The Kier molecular flexibility index (Phi) is 4.02. The van der Waals surface area contributed by atoms with E-state index in [1.54, 1.807) is 31.2 Å². The minimum absolute atomic E-state index is 0.0480. The molecule has 0 fully saturated rings. The van der Waals surface area contributed by atoms with Crippen molar-refractivity contribution in [2.45, 2.75) is 20.2 Å². The average molecular weight is 294 g/mol. The normalized spacial score (nSPS) is 11.3. The number of ether oxygens (including phenoxy) is 1. The summed E-state index contributed by atoms with van der Waals surface area (Å²) >= 11 is 0. The summed E-state index contributed by atoms with van der Waals surface area (Å²) in [6, 6.07) is 10.9. The molecule has 0 aromatic heterocycles. The van der Waals surface area contributed by atoms with E-state index in [4.69, 9.17) is 0 Å². The summed E-state index contributed by atoms with van der Waals surface area (Å²) in [5.41, 5.74) is 2.70. The Balaban J connectivity index is 2.36. The lowest BCUT2D eigenvalue weighted by Gasteiger charge is -2.11. The van der Waals surface area contributed by atoms with Crippen LogP contribution in [0.15, 0.2) is 42.5 Å². The largest absolute Gasteiger partial charge is 0.573 e. The van der Waals surface area contributed by atoms with Crippen LogP contribution in [0, 0.1) is 6.92 Å². The fraction of sp³-hybridized carbons (Fsp3) is 0.188. The summed E-state index contributed by atoms with van der Waals surface area (Å²) in [5.74, 6) is -0.318. The summed E-state index contributed by atoms with van der Waals surface area (Å²) in [6.07, 6.45) is -4.72. The van der Waals surface area contributed by atoms with Crippen LogP contribution in [-0.2, 0) is 0 Å².